The van der Waals surface area contributed by atoms with E-state index in [0.717, 1.165) is 0 Å². The number of aliphatic hydroxyl groups excluding tert-OH is 1. The second-order valence-electron chi connectivity index (χ2n) is 3.72. The maximum Gasteiger partial charge on any atom is 0.319 e. The van der Waals surface area contributed by atoms with Crippen molar-refractivity contribution in [3.05, 3.63) is 28.7 Å². The number of rotatable bonds is 4. The molecule has 1 unspecified atom stereocenters. The van der Waals surface area contributed by atoms with Crippen LogP contribution in [0.5, 0.6) is 0 Å². The summed E-state index contributed by atoms with van der Waals surface area (Å²) >= 11 is 0. The molecule has 1 atom stereocenters. The molecule has 0 aromatic carbocycles. The van der Waals surface area contributed by atoms with Crippen molar-refractivity contribution >= 4 is 11.7 Å². The number of aromatic nitrogens is 1. The standard InChI is InChI=1S/C11H17N3O3/c1-3-8(7-15)12-11(17)13-9-5-4-6-14(2)10(9)16/h4-6,8,15H,3,7H2,1-2H3,(H2,12,13,17). The minimum atomic E-state index is -0.491. The van der Waals surface area contributed by atoms with E-state index in [1.54, 1.807) is 19.3 Å². The second kappa shape index (κ2) is 6.05. The average Bonchev–Trinajstić information content (AvgIpc) is 2.32. The van der Waals surface area contributed by atoms with Crippen LogP contribution in [0.2, 0.25) is 0 Å². The van der Waals surface area contributed by atoms with Gasteiger partial charge in [0.15, 0.2) is 0 Å². The van der Waals surface area contributed by atoms with Crippen LogP contribution in [0.1, 0.15) is 13.3 Å². The van der Waals surface area contributed by atoms with Gasteiger partial charge in [0.2, 0.25) is 0 Å². The summed E-state index contributed by atoms with van der Waals surface area (Å²) in [5.74, 6) is 0. The fourth-order valence-corrected chi connectivity index (χ4v) is 1.31. The van der Waals surface area contributed by atoms with Gasteiger partial charge in [0.1, 0.15) is 5.69 Å². The molecule has 6 heteroatoms. The Bertz CT molecular complexity index is 438. The highest BCUT2D eigenvalue weighted by Crippen LogP contribution is 1.98. The zero-order chi connectivity index (χ0) is 12.8. The van der Waals surface area contributed by atoms with Crippen LogP contribution < -0.4 is 16.2 Å². The molecule has 6 nitrogen and oxygen atoms in total. The van der Waals surface area contributed by atoms with Gasteiger partial charge < -0.3 is 20.3 Å². The van der Waals surface area contributed by atoms with Gasteiger partial charge in [0.05, 0.1) is 12.6 Å². The average molecular weight is 239 g/mol. The SMILES string of the molecule is CCC(CO)NC(=O)Nc1cccn(C)c1=O. The number of aryl methyl sites for hydroxylation is 1. The Morgan fingerprint density at radius 2 is 2.29 bits per heavy atom. The number of anilines is 1. The van der Waals surface area contributed by atoms with Gasteiger partial charge in [-0.25, -0.2) is 4.79 Å². The minimum Gasteiger partial charge on any atom is -0.394 e. The fourth-order valence-electron chi connectivity index (χ4n) is 1.31. The summed E-state index contributed by atoms with van der Waals surface area (Å²) in [7, 11) is 1.61. The molecule has 0 spiro atoms. The van der Waals surface area contributed by atoms with Crippen molar-refractivity contribution in [1.29, 1.82) is 0 Å². The lowest BCUT2D eigenvalue weighted by atomic mass is 10.2. The molecule has 1 aromatic rings. The van der Waals surface area contributed by atoms with E-state index in [9.17, 15) is 9.59 Å². The summed E-state index contributed by atoms with van der Waals surface area (Å²) in [5.41, 5.74) is -0.0695. The molecule has 1 aromatic heterocycles. The Morgan fingerprint density at radius 3 is 2.88 bits per heavy atom. The number of nitrogens with one attached hydrogen (secondary N) is 2. The van der Waals surface area contributed by atoms with Crippen molar-refractivity contribution in [2.45, 2.75) is 19.4 Å². The first-order chi connectivity index (χ1) is 8.08. The number of aliphatic hydroxyl groups is 1. The molecule has 0 saturated carbocycles. The predicted octanol–water partition coefficient (Wildman–Crippen LogP) is 0.278. The molecule has 3 N–H and O–H groups in total. The molecule has 1 heterocycles. The first-order valence-corrected chi connectivity index (χ1v) is 5.42. The molecular formula is C11H17N3O3. The van der Waals surface area contributed by atoms with Gasteiger partial charge in [-0.1, -0.05) is 6.92 Å². The first kappa shape index (κ1) is 13.2. The van der Waals surface area contributed by atoms with Crippen LogP contribution in [0.4, 0.5) is 10.5 Å². The van der Waals surface area contributed by atoms with E-state index in [2.05, 4.69) is 10.6 Å². The Kier molecular flexibility index (Phi) is 4.71. The van der Waals surface area contributed by atoms with Gasteiger partial charge in [0, 0.05) is 13.2 Å². The van der Waals surface area contributed by atoms with Crippen LogP contribution in [0.3, 0.4) is 0 Å². The van der Waals surface area contributed by atoms with Gasteiger partial charge in [-0.05, 0) is 18.6 Å². The van der Waals surface area contributed by atoms with Crippen LogP contribution in [0.15, 0.2) is 23.1 Å². The molecule has 2 amide bonds. The van der Waals surface area contributed by atoms with E-state index in [1.165, 1.54) is 10.6 Å². The zero-order valence-corrected chi connectivity index (χ0v) is 9.93. The summed E-state index contributed by atoms with van der Waals surface area (Å²) in [6.45, 7) is 1.72. The highest BCUT2D eigenvalue weighted by molar-refractivity contribution is 5.89. The van der Waals surface area contributed by atoms with Crippen LogP contribution in [-0.2, 0) is 7.05 Å². The lowest BCUT2D eigenvalue weighted by molar-refractivity contribution is 0.222. The van der Waals surface area contributed by atoms with E-state index in [1.807, 2.05) is 6.92 Å². The quantitative estimate of drug-likeness (QED) is 0.705. The molecule has 94 valence electrons. The highest BCUT2D eigenvalue weighted by atomic mass is 16.3. The Labute approximate surface area is 99.3 Å². The van der Waals surface area contributed by atoms with Gasteiger partial charge in [-0.3, -0.25) is 4.79 Å². The van der Waals surface area contributed by atoms with E-state index < -0.39 is 6.03 Å². The van der Waals surface area contributed by atoms with Gasteiger partial charge in [0.25, 0.3) is 5.56 Å². The summed E-state index contributed by atoms with van der Waals surface area (Å²) in [5, 5.41) is 14.0. The molecular weight excluding hydrogens is 222 g/mol. The Hall–Kier alpha value is -1.82. The van der Waals surface area contributed by atoms with Crippen LogP contribution in [-0.4, -0.2) is 28.4 Å². The van der Waals surface area contributed by atoms with Crippen molar-refractivity contribution in [2.75, 3.05) is 11.9 Å². The Balaban J connectivity index is 2.68. The Morgan fingerprint density at radius 1 is 1.59 bits per heavy atom. The smallest absolute Gasteiger partial charge is 0.319 e. The maximum absolute atomic E-state index is 11.6. The molecule has 17 heavy (non-hydrogen) atoms. The van der Waals surface area contributed by atoms with Crippen molar-refractivity contribution in [2.24, 2.45) is 7.05 Å². The number of urea groups is 1. The van der Waals surface area contributed by atoms with Crippen molar-refractivity contribution < 1.29 is 9.90 Å². The van der Waals surface area contributed by atoms with Crippen LogP contribution in [0, 0.1) is 0 Å². The van der Waals surface area contributed by atoms with E-state index in [4.69, 9.17) is 5.11 Å². The second-order valence-corrected chi connectivity index (χ2v) is 3.72. The van der Waals surface area contributed by atoms with Crippen molar-refractivity contribution in [3.8, 4) is 0 Å². The van der Waals surface area contributed by atoms with E-state index in [0.29, 0.717) is 6.42 Å². The molecule has 0 bridgehead atoms. The number of pyridine rings is 1. The summed E-state index contributed by atoms with van der Waals surface area (Å²) in [6.07, 6.45) is 2.23. The zero-order valence-electron chi connectivity index (χ0n) is 9.93. The summed E-state index contributed by atoms with van der Waals surface area (Å²) in [4.78, 5) is 23.1. The molecule has 0 saturated heterocycles. The number of nitrogens with zero attached hydrogens (tertiary/aromatic N) is 1. The normalized spacial score (nSPS) is 11.9. The number of amides is 2. The molecule has 0 radical (unpaired) electrons. The molecule has 0 fully saturated rings. The maximum atomic E-state index is 11.6. The first-order valence-electron chi connectivity index (χ1n) is 5.42. The number of carbonyl (C=O) groups excluding carboxylic acids is 1. The number of hydrogen-bond donors (Lipinski definition) is 3. The van der Waals surface area contributed by atoms with Crippen LogP contribution in [0.25, 0.3) is 0 Å². The third-order valence-electron chi connectivity index (χ3n) is 2.42. The fraction of sp³-hybridized carbons (Fsp3) is 0.455. The lowest BCUT2D eigenvalue weighted by Crippen LogP contribution is -2.40. The minimum absolute atomic E-state index is 0.128. The molecule has 0 aliphatic carbocycles. The summed E-state index contributed by atoms with van der Waals surface area (Å²) in [6, 6.07) is 2.40. The van der Waals surface area contributed by atoms with E-state index in [-0.39, 0.29) is 23.9 Å². The summed E-state index contributed by atoms with van der Waals surface area (Å²) < 4.78 is 1.37. The van der Waals surface area contributed by atoms with Crippen LogP contribution >= 0.6 is 0 Å². The predicted molar refractivity (Wildman–Crippen MR) is 65.0 cm³/mol. The van der Waals surface area contributed by atoms with Gasteiger partial charge >= 0.3 is 6.03 Å². The van der Waals surface area contributed by atoms with Gasteiger partial charge in [-0.15, -0.1) is 0 Å². The molecule has 1 rings (SSSR count). The number of carbonyl (C=O) groups is 1. The van der Waals surface area contributed by atoms with Crippen molar-refractivity contribution in [1.82, 2.24) is 9.88 Å². The topological polar surface area (TPSA) is 83.4 Å². The third kappa shape index (κ3) is 3.60. The molecule has 0 aliphatic heterocycles. The monoisotopic (exact) mass is 239 g/mol. The van der Waals surface area contributed by atoms with Crippen molar-refractivity contribution in [3.63, 3.8) is 0 Å². The lowest BCUT2D eigenvalue weighted by Gasteiger charge is -2.14. The largest absolute Gasteiger partial charge is 0.394 e. The highest BCUT2D eigenvalue weighted by Gasteiger charge is 2.10. The van der Waals surface area contributed by atoms with Gasteiger partial charge in [-0.2, -0.15) is 0 Å². The van der Waals surface area contributed by atoms with E-state index >= 15 is 0 Å². The third-order valence-corrected chi connectivity index (χ3v) is 2.42. The number of hydrogen-bond acceptors (Lipinski definition) is 3. The molecule has 0 aliphatic rings.